The van der Waals surface area contributed by atoms with Gasteiger partial charge < -0.3 is 24.4 Å². The summed E-state index contributed by atoms with van der Waals surface area (Å²) in [4.78, 5) is 6.47. The molecule has 0 spiro atoms. The molecule has 2 rings (SSSR count). The molecule has 1 aromatic rings. The number of alkyl halides is 3. The van der Waals surface area contributed by atoms with E-state index in [1.54, 1.807) is 26.3 Å². The summed E-state index contributed by atoms with van der Waals surface area (Å²) in [5, 5.41) is 3.26. The zero-order chi connectivity index (χ0) is 20.4. The molecule has 28 heavy (non-hydrogen) atoms. The number of guanidine groups is 1. The van der Waals surface area contributed by atoms with Gasteiger partial charge in [0.1, 0.15) is 5.75 Å². The van der Waals surface area contributed by atoms with E-state index in [9.17, 15) is 13.2 Å². The summed E-state index contributed by atoms with van der Waals surface area (Å²) < 4.78 is 52.2. The van der Waals surface area contributed by atoms with Crippen molar-refractivity contribution in [3.05, 3.63) is 29.8 Å². The van der Waals surface area contributed by atoms with Gasteiger partial charge in [0.2, 0.25) is 0 Å². The molecule has 1 atom stereocenters. The Morgan fingerprint density at radius 2 is 2.14 bits per heavy atom. The zero-order valence-corrected chi connectivity index (χ0v) is 16.3. The number of ether oxygens (including phenoxy) is 3. The lowest BCUT2D eigenvalue weighted by Gasteiger charge is -2.22. The number of nitrogens with zero attached hydrogens (tertiary/aromatic N) is 2. The van der Waals surface area contributed by atoms with Gasteiger partial charge in [-0.25, -0.2) is 0 Å². The minimum Gasteiger partial charge on any atom is -0.484 e. The fourth-order valence-corrected chi connectivity index (χ4v) is 2.98. The summed E-state index contributed by atoms with van der Waals surface area (Å²) in [5.41, 5.74) is 0.819. The molecular weight excluding hydrogens is 375 g/mol. The number of benzene rings is 1. The number of halogens is 3. The van der Waals surface area contributed by atoms with Crippen molar-refractivity contribution in [2.75, 3.05) is 53.7 Å². The Labute approximate surface area is 163 Å². The molecule has 1 aromatic carbocycles. The summed E-state index contributed by atoms with van der Waals surface area (Å²) in [6.45, 7) is 2.75. The maximum Gasteiger partial charge on any atom is 0.422 e. The first-order valence-electron chi connectivity index (χ1n) is 9.22. The van der Waals surface area contributed by atoms with Crippen LogP contribution in [0.3, 0.4) is 0 Å². The Morgan fingerprint density at radius 3 is 2.86 bits per heavy atom. The minimum atomic E-state index is -4.35. The summed E-state index contributed by atoms with van der Waals surface area (Å²) in [6, 6.07) is 6.62. The second-order valence-electron chi connectivity index (χ2n) is 6.62. The Kier molecular flexibility index (Phi) is 8.85. The molecule has 0 aromatic heterocycles. The molecule has 9 heteroatoms. The maximum atomic E-state index is 12.3. The van der Waals surface area contributed by atoms with Gasteiger partial charge in [0.15, 0.2) is 12.6 Å². The highest BCUT2D eigenvalue weighted by atomic mass is 19.4. The van der Waals surface area contributed by atoms with Crippen molar-refractivity contribution in [1.29, 1.82) is 0 Å². The lowest BCUT2D eigenvalue weighted by atomic mass is 10.1. The summed E-state index contributed by atoms with van der Waals surface area (Å²) in [6.07, 6.45) is -3.33. The van der Waals surface area contributed by atoms with Crippen LogP contribution in [0.1, 0.15) is 12.0 Å². The number of rotatable bonds is 9. The molecule has 0 amide bonds. The van der Waals surface area contributed by atoms with Crippen molar-refractivity contribution in [1.82, 2.24) is 10.2 Å². The van der Waals surface area contributed by atoms with Crippen molar-refractivity contribution in [3.63, 3.8) is 0 Å². The summed E-state index contributed by atoms with van der Waals surface area (Å²) in [5.74, 6) is 1.40. The van der Waals surface area contributed by atoms with Crippen molar-refractivity contribution in [2.45, 2.75) is 19.1 Å². The fourth-order valence-electron chi connectivity index (χ4n) is 2.98. The Balaban J connectivity index is 1.79. The number of likely N-dealkylation sites (tertiary alicyclic amines) is 1. The van der Waals surface area contributed by atoms with Crippen LogP contribution < -0.4 is 10.1 Å². The third-order valence-corrected chi connectivity index (χ3v) is 4.33. The van der Waals surface area contributed by atoms with Crippen LogP contribution in [0.15, 0.2) is 29.3 Å². The van der Waals surface area contributed by atoms with E-state index in [0.29, 0.717) is 32.3 Å². The van der Waals surface area contributed by atoms with Crippen LogP contribution in [0.4, 0.5) is 13.2 Å². The van der Waals surface area contributed by atoms with Crippen LogP contribution in [0.2, 0.25) is 0 Å². The molecule has 1 heterocycles. The van der Waals surface area contributed by atoms with Crippen LogP contribution >= 0.6 is 0 Å². The van der Waals surface area contributed by atoms with E-state index in [2.05, 4.69) is 15.2 Å². The van der Waals surface area contributed by atoms with Crippen molar-refractivity contribution < 1.29 is 27.4 Å². The first-order valence-corrected chi connectivity index (χ1v) is 9.22. The third-order valence-electron chi connectivity index (χ3n) is 4.33. The van der Waals surface area contributed by atoms with E-state index in [1.807, 2.05) is 6.07 Å². The van der Waals surface area contributed by atoms with Gasteiger partial charge in [-0.2, -0.15) is 13.2 Å². The average molecular weight is 403 g/mol. The molecule has 6 nitrogen and oxygen atoms in total. The predicted octanol–water partition coefficient (Wildman–Crippen LogP) is 2.69. The standard InChI is InChI=1S/C19H28F3N3O3/c1-23-18(25-7-6-16(12-25)13-27-9-8-26-2)24-11-15-4-3-5-17(10-15)28-14-19(20,21)22/h3-5,10,16H,6-9,11-14H2,1-2H3,(H,23,24). The van der Waals surface area contributed by atoms with Gasteiger partial charge in [0.25, 0.3) is 0 Å². The van der Waals surface area contributed by atoms with E-state index in [-0.39, 0.29) is 5.75 Å². The number of aliphatic imine (C=N–C) groups is 1. The van der Waals surface area contributed by atoms with Gasteiger partial charge in [-0.3, -0.25) is 4.99 Å². The molecule has 0 bridgehead atoms. The van der Waals surface area contributed by atoms with Crippen LogP contribution in [0.25, 0.3) is 0 Å². The summed E-state index contributed by atoms with van der Waals surface area (Å²) >= 11 is 0. The normalized spacial score (nSPS) is 17.8. The van der Waals surface area contributed by atoms with Crippen LogP contribution in [-0.2, 0) is 16.0 Å². The Morgan fingerprint density at radius 1 is 1.32 bits per heavy atom. The van der Waals surface area contributed by atoms with Crippen LogP contribution in [-0.4, -0.2) is 70.7 Å². The first kappa shape index (κ1) is 22.3. The first-order chi connectivity index (χ1) is 13.4. The number of hydrogen-bond acceptors (Lipinski definition) is 4. The largest absolute Gasteiger partial charge is 0.484 e. The van der Waals surface area contributed by atoms with E-state index in [4.69, 9.17) is 14.2 Å². The monoisotopic (exact) mass is 403 g/mol. The van der Waals surface area contributed by atoms with E-state index in [1.165, 1.54) is 6.07 Å². The molecule has 158 valence electrons. The van der Waals surface area contributed by atoms with Gasteiger partial charge in [-0.05, 0) is 24.1 Å². The molecule has 0 aliphatic carbocycles. The molecule has 1 aliphatic rings. The predicted molar refractivity (Wildman–Crippen MR) is 101 cm³/mol. The quantitative estimate of drug-likeness (QED) is 0.390. The fraction of sp³-hybridized carbons (Fsp3) is 0.632. The lowest BCUT2D eigenvalue weighted by molar-refractivity contribution is -0.153. The summed E-state index contributed by atoms with van der Waals surface area (Å²) in [7, 11) is 3.36. The van der Waals surface area contributed by atoms with Gasteiger partial charge in [0.05, 0.1) is 19.8 Å². The molecule has 1 saturated heterocycles. The molecule has 1 N–H and O–H groups in total. The van der Waals surface area contributed by atoms with E-state index >= 15 is 0 Å². The number of nitrogens with one attached hydrogen (secondary N) is 1. The highest BCUT2D eigenvalue weighted by Crippen LogP contribution is 2.20. The third kappa shape index (κ3) is 7.93. The van der Waals surface area contributed by atoms with Gasteiger partial charge in [0, 0.05) is 39.7 Å². The van der Waals surface area contributed by atoms with Crippen molar-refractivity contribution in [3.8, 4) is 5.75 Å². The molecule has 0 saturated carbocycles. The maximum absolute atomic E-state index is 12.3. The van der Waals surface area contributed by atoms with Crippen LogP contribution in [0.5, 0.6) is 5.75 Å². The molecule has 1 aliphatic heterocycles. The smallest absolute Gasteiger partial charge is 0.422 e. The highest BCUT2D eigenvalue weighted by molar-refractivity contribution is 5.80. The minimum absolute atomic E-state index is 0.195. The van der Waals surface area contributed by atoms with Crippen molar-refractivity contribution in [2.24, 2.45) is 10.9 Å². The topological polar surface area (TPSA) is 55.3 Å². The highest BCUT2D eigenvalue weighted by Gasteiger charge is 2.28. The zero-order valence-electron chi connectivity index (χ0n) is 16.3. The second kappa shape index (κ2) is 11.1. The van der Waals surface area contributed by atoms with Crippen LogP contribution in [0, 0.1) is 5.92 Å². The van der Waals surface area contributed by atoms with Gasteiger partial charge in [-0.15, -0.1) is 0 Å². The average Bonchev–Trinajstić information content (AvgIpc) is 3.13. The molecular formula is C19H28F3N3O3. The SMILES string of the molecule is CN=C(NCc1cccc(OCC(F)(F)F)c1)N1CCC(COCCOC)C1. The molecule has 1 fully saturated rings. The van der Waals surface area contributed by atoms with Gasteiger partial charge in [-0.1, -0.05) is 12.1 Å². The second-order valence-corrected chi connectivity index (χ2v) is 6.62. The molecule has 1 unspecified atom stereocenters. The van der Waals surface area contributed by atoms with E-state index in [0.717, 1.165) is 31.0 Å². The van der Waals surface area contributed by atoms with E-state index < -0.39 is 12.8 Å². The van der Waals surface area contributed by atoms with Gasteiger partial charge >= 0.3 is 6.18 Å². The number of hydrogen-bond donors (Lipinski definition) is 1. The van der Waals surface area contributed by atoms with Crippen molar-refractivity contribution >= 4 is 5.96 Å². The lowest BCUT2D eigenvalue weighted by Crippen LogP contribution is -2.39. The Hall–Kier alpha value is -2.00. The number of methoxy groups -OCH3 is 1. The Bertz CT molecular complexity index is 626. The molecule has 0 radical (unpaired) electrons.